The Balaban J connectivity index is 0.960. The molecule has 74 heavy (non-hydrogen) atoms. The predicted octanol–water partition coefficient (Wildman–Crippen LogP) is 5.30. The molecule has 18 nitrogen and oxygen atoms in total. The quantitative estimate of drug-likeness (QED) is 0.177. The maximum Gasteiger partial charge on any atom is 0.261 e. The summed E-state index contributed by atoms with van der Waals surface area (Å²) in [5, 5.41) is -0.0824. The first-order valence-electron chi connectivity index (χ1n) is 25.4. The third-order valence-electron chi connectivity index (χ3n) is 17.9. The van der Waals surface area contributed by atoms with Crippen LogP contribution < -0.4 is 22.2 Å². The first-order valence-corrected chi connectivity index (χ1v) is 25.4. The van der Waals surface area contributed by atoms with E-state index in [4.69, 9.17) is 0 Å². The second kappa shape index (κ2) is 14.6. The molecule has 7 aromatic rings. The van der Waals surface area contributed by atoms with Gasteiger partial charge in [0, 0.05) is 66.1 Å². The van der Waals surface area contributed by atoms with E-state index in [1.807, 2.05) is 0 Å². The van der Waals surface area contributed by atoms with Crippen LogP contribution in [0.4, 0.5) is 0 Å². The van der Waals surface area contributed by atoms with Crippen molar-refractivity contribution in [3.05, 3.63) is 147 Å². The monoisotopic (exact) mass is 988 g/mol. The minimum atomic E-state index is -1.00. The van der Waals surface area contributed by atoms with E-state index in [0.717, 1.165) is 28.7 Å². The van der Waals surface area contributed by atoms with Gasteiger partial charge >= 0.3 is 0 Å². The van der Waals surface area contributed by atoms with Crippen molar-refractivity contribution in [1.82, 2.24) is 28.7 Å². The van der Waals surface area contributed by atoms with E-state index < -0.39 is 106 Å². The summed E-state index contributed by atoms with van der Waals surface area (Å²) in [6.45, 7) is 0. The number of rotatable bonds is 0. The Morgan fingerprint density at radius 1 is 0.257 bits per heavy atom. The van der Waals surface area contributed by atoms with Gasteiger partial charge in [0.15, 0.2) is 0 Å². The fourth-order valence-corrected chi connectivity index (χ4v) is 14.7. The Bertz CT molecular complexity index is 3750. The Morgan fingerprint density at radius 3 is 0.635 bits per heavy atom. The van der Waals surface area contributed by atoms with Crippen LogP contribution in [0.25, 0.3) is 43.1 Å². The maximum absolute atomic E-state index is 15.0. The largest absolute Gasteiger partial charge is 0.269 e. The number of benzene rings is 5. The summed E-state index contributed by atoms with van der Waals surface area (Å²) >= 11 is 0. The summed E-state index contributed by atoms with van der Waals surface area (Å²) in [4.78, 5) is 183. The van der Waals surface area contributed by atoms with Crippen molar-refractivity contribution in [2.45, 2.75) is 113 Å². The highest BCUT2D eigenvalue weighted by Crippen LogP contribution is 2.46. The molecule has 8 amide bonds. The smallest absolute Gasteiger partial charge is 0.261 e. The first kappa shape index (κ1) is 43.1. The van der Waals surface area contributed by atoms with Crippen molar-refractivity contribution in [2.24, 2.45) is 0 Å². The second-order valence-electron chi connectivity index (χ2n) is 21.2. The van der Waals surface area contributed by atoms with Crippen molar-refractivity contribution in [2.75, 3.05) is 0 Å². The van der Waals surface area contributed by atoms with Gasteiger partial charge in [-0.3, -0.25) is 86.3 Å². The predicted molar refractivity (Wildman–Crippen MR) is 263 cm³/mol. The van der Waals surface area contributed by atoms with Crippen LogP contribution in [0.2, 0.25) is 0 Å². The molecule has 30 rings (SSSR count). The second-order valence-corrected chi connectivity index (χ2v) is 21.2. The van der Waals surface area contributed by atoms with E-state index in [2.05, 4.69) is 0 Å². The van der Waals surface area contributed by atoms with Gasteiger partial charge in [0.1, 0.15) is 0 Å². The van der Waals surface area contributed by atoms with Crippen LogP contribution in [-0.4, -0.2) is 100 Å². The van der Waals surface area contributed by atoms with Gasteiger partial charge in [0.05, 0.1) is 57.8 Å². The van der Waals surface area contributed by atoms with Crippen LogP contribution in [0.1, 0.15) is 172 Å². The van der Waals surface area contributed by atoms with E-state index >= 15 is 0 Å². The highest BCUT2D eigenvalue weighted by atomic mass is 16.2. The lowest BCUT2D eigenvalue weighted by atomic mass is 9.80. The maximum atomic E-state index is 15.0. The van der Waals surface area contributed by atoms with Crippen molar-refractivity contribution < 1.29 is 38.4 Å². The molecular formula is C56H40N6O12. The lowest BCUT2D eigenvalue weighted by molar-refractivity contribution is 0.0241. The minimum absolute atomic E-state index is 0.0396. The average Bonchev–Trinajstić information content (AvgIpc) is 3.89. The molecule has 0 radical (unpaired) electrons. The van der Waals surface area contributed by atoms with E-state index in [-0.39, 0.29) is 126 Å². The third-order valence-corrected chi connectivity index (χ3v) is 17.9. The van der Waals surface area contributed by atoms with Gasteiger partial charge in [0.25, 0.3) is 69.5 Å². The SMILES string of the molecule is O=C1c2ccc3c4c5ccc(c24)C(=O)N1[C@@H]1CCCC[C@H]1N1C(=O)c2ccc4c6c(ccc(c26)C1=O)C(=O)N(C4=O)[C@@H]1CCCC[C@H]1n1c(=O)c2cc4c(=O)n(c(=O)c4cc2c1=O)[C@@H]1CCCC[C@H]1N(C3=O)C5=O. The molecule has 366 valence electrons. The van der Waals surface area contributed by atoms with Gasteiger partial charge in [-0.25, -0.2) is 0 Å². The number of imide groups is 4. The zero-order chi connectivity index (χ0) is 50.7. The topological polar surface area (TPSA) is 228 Å². The Labute approximate surface area is 416 Å². The average molecular weight is 989 g/mol. The molecule has 18 heteroatoms. The summed E-state index contributed by atoms with van der Waals surface area (Å²) < 4.78 is 2.06. The van der Waals surface area contributed by atoms with E-state index in [1.54, 1.807) is 0 Å². The highest BCUT2D eigenvalue weighted by molar-refractivity contribution is 6.35. The molecule has 22 heterocycles. The van der Waals surface area contributed by atoms with Crippen LogP contribution >= 0.6 is 0 Å². The molecule has 0 spiro atoms. The van der Waals surface area contributed by atoms with Crippen molar-refractivity contribution in [3.63, 3.8) is 0 Å². The molecule has 3 fully saturated rings. The third kappa shape index (κ3) is 5.09. The fourth-order valence-electron chi connectivity index (χ4n) is 14.7. The van der Waals surface area contributed by atoms with Gasteiger partial charge in [-0.2, -0.15) is 0 Å². The lowest BCUT2D eigenvalue weighted by Crippen LogP contribution is -2.61. The highest BCUT2D eigenvalue weighted by Gasteiger charge is 2.52. The Morgan fingerprint density at radius 2 is 0.432 bits per heavy atom. The van der Waals surface area contributed by atoms with Gasteiger partial charge < -0.3 is 0 Å². The van der Waals surface area contributed by atoms with Crippen LogP contribution in [0.3, 0.4) is 0 Å². The number of hydrogen-bond donors (Lipinski definition) is 0. The summed E-state index contributed by atoms with van der Waals surface area (Å²) in [5.74, 6) is -5.87. The molecule has 5 aromatic carbocycles. The molecule has 0 saturated heterocycles. The summed E-state index contributed by atoms with van der Waals surface area (Å²) in [6.07, 6.45) is 4.70. The van der Waals surface area contributed by atoms with Gasteiger partial charge in [0.2, 0.25) is 0 Å². The van der Waals surface area contributed by atoms with Crippen LogP contribution in [0.5, 0.6) is 0 Å². The Kier molecular flexibility index (Phi) is 8.48. The molecule has 6 atom stereocenters. The first-order chi connectivity index (χ1) is 35.8. The zero-order valence-electron chi connectivity index (χ0n) is 39.3. The van der Waals surface area contributed by atoms with E-state index in [1.165, 1.54) is 60.7 Å². The number of nitrogens with zero attached hydrogens (tertiary/aromatic N) is 6. The number of carbonyl (C=O) groups excluding carboxylic acids is 8. The Hall–Kier alpha value is -8.54. The molecule has 2 aromatic heterocycles. The van der Waals surface area contributed by atoms with Crippen molar-refractivity contribution >= 4 is 90.3 Å². The summed E-state index contributed by atoms with van der Waals surface area (Å²) in [5.41, 5.74) is -2.73. The van der Waals surface area contributed by atoms with Crippen LogP contribution in [-0.2, 0) is 0 Å². The van der Waals surface area contributed by atoms with Crippen molar-refractivity contribution in [1.29, 1.82) is 0 Å². The summed E-state index contributed by atoms with van der Waals surface area (Å²) in [7, 11) is 0. The van der Waals surface area contributed by atoms with Crippen molar-refractivity contribution in [3.8, 4) is 0 Å². The molecule has 20 aliphatic heterocycles. The molecule has 22 bridgehead atoms. The van der Waals surface area contributed by atoms with E-state index in [9.17, 15) is 57.5 Å². The number of hydrogen-bond acceptors (Lipinski definition) is 12. The normalized spacial score (nSPS) is 25.2. The zero-order valence-corrected chi connectivity index (χ0v) is 39.3. The number of aromatic nitrogens is 2. The molecular weight excluding hydrogens is 949 g/mol. The molecule has 0 N–H and O–H groups in total. The minimum Gasteiger partial charge on any atom is -0.269 e. The summed E-state index contributed by atoms with van der Waals surface area (Å²) in [6, 6.07) is 7.97. The number of carbonyl (C=O) groups is 8. The standard InChI is InChI=1S/C56H40N6O12/c63-45-23-13-17-27-43-28-18-14-24(41(23)43)46(64)57(45)35-7-1-2-8-36(35)58-47(65)25-15-19-29-44-30(20-16-26(42(25)44)48(58)66)52(70)60(51(29)69)38-10-4-6-12-40(38)62-55(73)33-21-31-32(22-34(33)56(62)74)54(72)61(53(31)71)39-11-5-3-9-37(39)59(49(27)67)50(28)68/h13-22,35-40H,1-12H2/t35-,36-,37-,38-,39-,40-/m1/s1. The fraction of sp³-hybridized carbons (Fsp3) is 0.321. The molecule has 0 unspecified atom stereocenters. The van der Waals surface area contributed by atoms with Crippen LogP contribution in [0.15, 0.2) is 79.8 Å². The lowest BCUT2D eigenvalue weighted by Gasteiger charge is -2.46. The molecule has 3 aliphatic carbocycles. The van der Waals surface area contributed by atoms with E-state index in [0.29, 0.717) is 38.5 Å². The van der Waals surface area contributed by atoms with Gasteiger partial charge in [-0.1, -0.05) is 38.5 Å². The number of amides is 8. The molecule has 23 aliphatic rings. The van der Waals surface area contributed by atoms with Gasteiger partial charge in [-0.05, 0) is 99.2 Å². The molecule has 3 saturated carbocycles. The van der Waals surface area contributed by atoms with Crippen LogP contribution in [0, 0.1) is 0 Å². The van der Waals surface area contributed by atoms with Gasteiger partial charge in [-0.15, -0.1) is 0 Å².